The molecule has 0 unspecified atom stereocenters. The Kier molecular flexibility index (Phi) is 7.95. The highest BCUT2D eigenvalue weighted by Crippen LogP contribution is 2.38. The van der Waals surface area contributed by atoms with E-state index in [2.05, 4.69) is 10.6 Å². The highest BCUT2D eigenvalue weighted by Gasteiger charge is 2.13. The Morgan fingerprint density at radius 2 is 1.54 bits per heavy atom. The number of hydrogen-bond donors (Lipinski definition) is 2. The largest absolute Gasteiger partial charge is 0.493 e. The minimum Gasteiger partial charge on any atom is -0.493 e. The van der Waals surface area contributed by atoms with Crippen molar-refractivity contribution in [3.8, 4) is 17.2 Å². The smallest absolute Gasteiger partial charge is 0.251 e. The first-order valence-electron chi connectivity index (χ1n) is 8.57. The summed E-state index contributed by atoms with van der Waals surface area (Å²) in [7, 11) is 4.59. The third-order valence-corrected chi connectivity index (χ3v) is 4.21. The fourth-order valence-electron chi connectivity index (χ4n) is 2.52. The fourth-order valence-corrected chi connectivity index (χ4v) is 2.65. The van der Waals surface area contributed by atoms with Crippen molar-refractivity contribution in [2.24, 2.45) is 0 Å². The van der Waals surface area contributed by atoms with Crippen molar-refractivity contribution in [1.82, 2.24) is 10.6 Å². The lowest BCUT2D eigenvalue weighted by Gasteiger charge is -2.14. The number of carbonyl (C=O) groups excluding carboxylic acids is 2. The minimum absolute atomic E-state index is 0.157. The first-order valence-corrected chi connectivity index (χ1v) is 8.95. The predicted octanol–water partition coefficient (Wildman–Crippen LogP) is 2.80. The van der Waals surface area contributed by atoms with Crippen molar-refractivity contribution in [3.05, 3.63) is 52.5 Å². The van der Waals surface area contributed by atoms with Gasteiger partial charge in [-0.3, -0.25) is 9.59 Å². The van der Waals surface area contributed by atoms with Gasteiger partial charge < -0.3 is 24.8 Å². The summed E-state index contributed by atoms with van der Waals surface area (Å²) >= 11 is 5.80. The third-order valence-electron chi connectivity index (χ3n) is 3.96. The third kappa shape index (κ3) is 5.79. The van der Waals surface area contributed by atoms with E-state index in [1.54, 1.807) is 36.4 Å². The molecule has 0 aromatic heterocycles. The average Bonchev–Trinajstić information content (AvgIpc) is 2.71. The van der Waals surface area contributed by atoms with Crippen LogP contribution in [0.2, 0.25) is 5.02 Å². The Balaban J connectivity index is 1.84. The molecule has 2 amide bonds. The zero-order valence-corrected chi connectivity index (χ0v) is 16.8. The summed E-state index contributed by atoms with van der Waals surface area (Å²) < 4.78 is 15.9. The van der Waals surface area contributed by atoms with Crippen LogP contribution in [0, 0.1) is 0 Å². The number of ether oxygens (including phenoxy) is 3. The highest BCUT2D eigenvalue weighted by atomic mass is 35.5. The molecule has 2 aromatic rings. The summed E-state index contributed by atoms with van der Waals surface area (Å²) in [5, 5.41) is 6.06. The van der Waals surface area contributed by atoms with Crippen molar-refractivity contribution in [2.45, 2.75) is 13.0 Å². The van der Waals surface area contributed by atoms with Gasteiger partial charge in [-0.2, -0.15) is 0 Å². The van der Waals surface area contributed by atoms with E-state index in [9.17, 15) is 9.59 Å². The normalized spacial score (nSPS) is 10.1. The molecule has 7 nitrogen and oxygen atoms in total. The number of rotatable bonds is 9. The van der Waals surface area contributed by atoms with E-state index in [4.69, 9.17) is 25.8 Å². The summed E-state index contributed by atoms with van der Waals surface area (Å²) in [6.07, 6.45) is 0.157. The van der Waals surface area contributed by atoms with E-state index < -0.39 is 0 Å². The second-order valence-corrected chi connectivity index (χ2v) is 6.26. The van der Waals surface area contributed by atoms with Crippen LogP contribution in [0.1, 0.15) is 22.3 Å². The van der Waals surface area contributed by atoms with Crippen molar-refractivity contribution >= 4 is 23.4 Å². The maximum Gasteiger partial charge on any atom is 0.251 e. The Hall–Kier alpha value is -2.93. The van der Waals surface area contributed by atoms with Crippen LogP contribution in [0.5, 0.6) is 17.2 Å². The van der Waals surface area contributed by atoms with Crippen LogP contribution in [-0.2, 0) is 11.3 Å². The number of benzene rings is 2. The molecule has 0 spiro atoms. The molecule has 0 heterocycles. The summed E-state index contributed by atoms with van der Waals surface area (Å²) in [6.45, 7) is 0.517. The molecule has 0 saturated carbocycles. The van der Waals surface area contributed by atoms with Crippen LogP contribution in [0.3, 0.4) is 0 Å². The van der Waals surface area contributed by atoms with Crippen molar-refractivity contribution in [2.75, 3.05) is 27.9 Å². The van der Waals surface area contributed by atoms with Crippen LogP contribution in [0.25, 0.3) is 0 Å². The zero-order valence-electron chi connectivity index (χ0n) is 16.0. The maximum absolute atomic E-state index is 12.0. The van der Waals surface area contributed by atoms with Crippen LogP contribution in [-0.4, -0.2) is 39.7 Å². The van der Waals surface area contributed by atoms with E-state index in [-0.39, 0.29) is 24.8 Å². The maximum atomic E-state index is 12.0. The predicted molar refractivity (Wildman–Crippen MR) is 106 cm³/mol. The Morgan fingerprint density at radius 3 is 2.07 bits per heavy atom. The van der Waals surface area contributed by atoms with E-state index in [1.807, 2.05) is 0 Å². The van der Waals surface area contributed by atoms with Gasteiger partial charge in [-0.1, -0.05) is 11.6 Å². The average molecular weight is 407 g/mol. The fraction of sp³-hybridized carbons (Fsp3) is 0.300. The Morgan fingerprint density at radius 1 is 0.929 bits per heavy atom. The number of nitrogens with one attached hydrogen (secondary N) is 2. The molecule has 0 atom stereocenters. The van der Waals surface area contributed by atoms with Gasteiger partial charge in [-0.15, -0.1) is 0 Å². The molecular weight excluding hydrogens is 384 g/mol. The molecule has 2 rings (SSSR count). The summed E-state index contributed by atoms with van der Waals surface area (Å²) in [5.74, 6) is 1.08. The van der Waals surface area contributed by atoms with Crippen molar-refractivity contribution in [1.29, 1.82) is 0 Å². The molecule has 0 saturated heterocycles. The number of amides is 2. The molecule has 0 bridgehead atoms. The molecule has 0 aliphatic rings. The SMILES string of the molecule is COc1cc(CNC(=O)CCNC(=O)c2ccc(Cl)cc2)cc(OC)c1OC. The lowest BCUT2D eigenvalue weighted by Crippen LogP contribution is -2.30. The van der Waals surface area contributed by atoms with Gasteiger partial charge >= 0.3 is 0 Å². The van der Waals surface area contributed by atoms with E-state index >= 15 is 0 Å². The summed E-state index contributed by atoms with van der Waals surface area (Å²) in [5.41, 5.74) is 1.29. The van der Waals surface area contributed by atoms with Crippen LogP contribution in [0.4, 0.5) is 0 Å². The molecule has 0 aliphatic heterocycles. The second kappa shape index (κ2) is 10.4. The zero-order chi connectivity index (χ0) is 20.5. The van der Waals surface area contributed by atoms with Gasteiger partial charge in [0.15, 0.2) is 11.5 Å². The molecule has 8 heteroatoms. The summed E-state index contributed by atoms with van der Waals surface area (Å²) in [6, 6.07) is 10.1. The first-order chi connectivity index (χ1) is 13.5. The van der Waals surface area contributed by atoms with E-state index in [0.717, 1.165) is 5.56 Å². The number of carbonyl (C=O) groups is 2. The van der Waals surface area contributed by atoms with Gasteiger partial charge in [-0.05, 0) is 42.0 Å². The van der Waals surface area contributed by atoms with Crippen molar-refractivity contribution in [3.63, 3.8) is 0 Å². The number of hydrogen-bond acceptors (Lipinski definition) is 5. The van der Waals surface area contributed by atoms with Crippen LogP contribution >= 0.6 is 11.6 Å². The molecule has 2 aromatic carbocycles. The second-order valence-electron chi connectivity index (χ2n) is 5.82. The summed E-state index contributed by atoms with van der Waals surface area (Å²) in [4.78, 5) is 24.0. The lowest BCUT2D eigenvalue weighted by atomic mass is 10.1. The quantitative estimate of drug-likeness (QED) is 0.668. The standard InChI is InChI=1S/C20H23ClN2O5/c1-26-16-10-13(11-17(27-2)19(16)28-3)12-23-18(24)8-9-22-20(25)14-4-6-15(21)7-5-14/h4-7,10-11H,8-9,12H2,1-3H3,(H,22,25)(H,23,24). The number of halogens is 1. The van der Waals surface area contributed by atoms with Gasteiger partial charge in [0.1, 0.15) is 0 Å². The van der Waals surface area contributed by atoms with Gasteiger partial charge in [-0.25, -0.2) is 0 Å². The highest BCUT2D eigenvalue weighted by molar-refractivity contribution is 6.30. The minimum atomic E-state index is -0.255. The molecule has 150 valence electrons. The van der Waals surface area contributed by atoms with Gasteiger partial charge in [0.25, 0.3) is 5.91 Å². The van der Waals surface area contributed by atoms with E-state index in [1.165, 1.54) is 21.3 Å². The molecule has 2 N–H and O–H groups in total. The Bertz CT molecular complexity index is 799. The van der Waals surface area contributed by atoms with E-state index in [0.29, 0.717) is 34.4 Å². The topological polar surface area (TPSA) is 85.9 Å². The molecule has 0 aliphatic carbocycles. The molecule has 0 fully saturated rings. The van der Waals surface area contributed by atoms with Crippen molar-refractivity contribution < 1.29 is 23.8 Å². The molecule has 0 radical (unpaired) electrons. The molecule has 28 heavy (non-hydrogen) atoms. The first kappa shape index (κ1) is 21.4. The van der Waals surface area contributed by atoms with Crippen LogP contribution < -0.4 is 24.8 Å². The van der Waals surface area contributed by atoms with Gasteiger partial charge in [0.2, 0.25) is 11.7 Å². The van der Waals surface area contributed by atoms with Gasteiger partial charge in [0.05, 0.1) is 21.3 Å². The number of methoxy groups -OCH3 is 3. The monoisotopic (exact) mass is 406 g/mol. The molecular formula is C20H23ClN2O5. The Labute approximate surface area is 168 Å². The van der Waals surface area contributed by atoms with Gasteiger partial charge in [0, 0.05) is 30.1 Å². The lowest BCUT2D eigenvalue weighted by molar-refractivity contribution is -0.121. The van der Waals surface area contributed by atoms with Crippen LogP contribution in [0.15, 0.2) is 36.4 Å².